The first-order valence-corrected chi connectivity index (χ1v) is 11.9. The Morgan fingerprint density at radius 3 is 2.47 bits per heavy atom. The van der Waals surface area contributed by atoms with Crippen LogP contribution in [0.15, 0.2) is 53.3 Å². The molecule has 1 aromatic heterocycles. The summed E-state index contributed by atoms with van der Waals surface area (Å²) in [5, 5.41) is 3.72. The lowest BCUT2D eigenvalue weighted by molar-refractivity contribution is 0.340. The van der Waals surface area contributed by atoms with Crippen molar-refractivity contribution in [2.24, 2.45) is 0 Å². The summed E-state index contributed by atoms with van der Waals surface area (Å²) in [6, 6.07) is 14.1. The number of benzene rings is 2. The highest BCUT2D eigenvalue weighted by Gasteiger charge is 2.18. The molecule has 0 bridgehead atoms. The second-order valence-corrected chi connectivity index (χ2v) is 9.44. The summed E-state index contributed by atoms with van der Waals surface area (Å²) in [6.07, 6.45) is 0. The molecule has 0 saturated carbocycles. The summed E-state index contributed by atoms with van der Waals surface area (Å²) in [7, 11) is -3.08. The summed E-state index contributed by atoms with van der Waals surface area (Å²) >= 11 is 0. The monoisotopic (exact) mass is 429 g/mol. The van der Waals surface area contributed by atoms with E-state index in [9.17, 15) is 13.2 Å². The third-order valence-corrected chi connectivity index (χ3v) is 6.60. The van der Waals surface area contributed by atoms with Crippen molar-refractivity contribution in [3.8, 4) is 11.4 Å². The Balaban J connectivity index is 2.03. The van der Waals surface area contributed by atoms with E-state index in [0.29, 0.717) is 29.0 Å². The van der Waals surface area contributed by atoms with Crippen LogP contribution in [0, 0.1) is 0 Å². The Bertz CT molecular complexity index is 1170. The van der Waals surface area contributed by atoms with Gasteiger partial charge in [0.15, 0.2) is 9.84 Å². The van der Waals surface area contributed by atoms with E-state index in [1.165, 1.54) is 0 Å². The summed E-state index contributed by atoms with van der Waals surface area (Å²) in [4.78, 5) is 18.0. The van der Waals surface area contributed by atoms with Gasteiger partial charge in [0, 0.05) is 12.3 Å². The van der Waals surface area contributed by atoms with Crippen LogP contribution in [0.25, 0.3) is 16.6 Å². The molecule has 0 unspecified atom stereocenters. The Labute approximate surface area is 176 Å². The van der Waals surface area contributed by atoms with Crippen LogP contribution in [0.1, 0.15) is 32.6 Å². The van der Waals surface area contributed by atoms with Crippen LogP contribution in [-0.4, -0.2) is 42.6 Å². The first-order valence-electron chi connectivity index (χ1n) is 10.0. The summed E-state index contributed by atoms with van der Waals surface area (Å²) in [5.41, 5.74) is 1.11. The van der Waals surface area contributed by atoms with Crippen molar-refractivity contribution < 1.29 is 13.2 Å². The fraction of sp³-hybridized carbons (Fsp3) is 0.364. The molecule has 0 aliphatic carbocycles. The first kappa shape index (κ1) is 22.0. The largest absolute Gasteiger partial charge is 0.494 e. The minimum absolute atomic E-state index is 0.0364. The van der Waals surface area contributed by atoms with Crippen LogP contribution < -0.4 is 15.6 Å². The molecule has 2 aromatic carbocycles. The second kappa shape index (κ2) is 9.40. The summed E-state index contributed by atoms with van der Waals surface area (Å²) in [5.74, 6) is 1.39. The van der Waals surface area contributed by atoms with Crippen molar-refractivity contribution in [1.29, 1.82) is 0 Å². The molecule has 3 aromatic rings. The highest BCUT2D eigenvalue weighted by Crippen LogP contribution is 2.20. The predicted octanol–water partition coefficient (Wildman–Crippen LogP) is 2.87. The maximum absolute atomic E-state index is 13.3. The van der Waals surface area contributed by atoms with Gasteiger partial charge in [-0.15, -0.1) is 0 Å². The predicted molar refractivity (Wildman–Crippen MR) is 119 cm³/mol. The van der Waals surface area contributed by atoms with Gasteiger partial charge in [-0.3, -0.25) is 9.36 Å². The number of hydrogen-bond acceptors (Lipinski definition) is 6. The van der Waals surface area contributed by atoms with E-state index < -0.39 is 9.84 Å². The number of rotatable bonds is 9. The normalized spacial score (nSPS) is 12.8. The molecule has 160 valence electrons. The van der Waals surface area contributed by atoms with Crippen molar-refractivity contribution in [1.82, 2.24) is 14.9 Å². The van der Waals surface area contributed by atoms with Crippen LogP contribution in [0.4, 0.5) is 0 Å². The van der Waals surface area contributed by atoms with Gasteiger partial charge in [0.2, 0.25) is 0 Å². The molecule has 0 saturated heterocycles. The fourth-order valence-corrected chi connectivity index (χ4v) is 3.93. The second-order valence-electron chi connectivity index (χ2n) is 6.97. The fourth-order valence-electron chi connectivity index (χ4n) is 3.21. The van der Waals surface area contributed by atoms with Gasteiger partial charge in [-0.1, -0.05) is 19.1 Å². The zero-order chi connectivity index (χ0) is 21.7. The van der Waals surface area contributed by atoms with E-state index in [0.717, 1.165) is 5.75 Å². The zero-order valence-corrected chi connectivity index (χ0v) is 18.3. The van der Waals surface area contributed by atoms with Crippen molar-refractivity contribution in [2.75, 3.05) is 24.7 Å². The van der Waals surface area contributed by atoms with Crippen molar-refractivity contribution in [2.45, 2.75) is 26.8 Å². The Hall–Kier alpha value is -2.71. The SMILES string of the molecule is CCOc1ccc(-n2c([C@@H](C)NCCS(=O)(=O)CC)nc3ccccc3c2=O)cc1. The number of ether oxygens (including phenoxy) is 1. The average molecular weight is 430 g/mol. The van der Waals surface area contributed by atoms with Crippen molar-refractivity contribution in [3.63, 3.8) is 0 Å². The van der Waals surface area contributed by atoms with Crippen molar-refractivity contribution >= 4 is 20.7 Å². The Kier molecular flexibility index (Phi) is 6.89. The zero-order valence-electron chi connectivity index (χ0n) is 17.5. The number of aromatic nitrogens is 2. The van der Waals surface area contributed by atoms with E-state index in [1.807, 2.05) is 50.2 Å². The van der Waals surface area contributed by atoms with Gasteiger partial charge < -0.3 is 10.1 Å². The minimum Gasteiger partial charge on any atom is -0.494 e. The molecule has 0 aliphatic heterocycles. The lowest BCUT2D eigenvalue weighted by Gasteiger charge is -2.20. The van der Waals surface area contributed by atoms with Crippen LogP contribution in [0.3, 0.4) is 0 Å². The van der Waals surface area contributed by atoms with Crippen LogP contribution >= 0.6 is 0 Å². The lowest BCUT2D eigenvalue weighted by atomic mass is 10.2. The third-order valence-electron chi connectivity index (χ3n) is 4.90. The molecule has 0 spiro atoms. The molecule has 1 heterocycles. The van der Waals surface area contributed by atoms with E-state index in [4.69, 9.17) is 9.72 Å². The van der Waals surface area contributed by atoms with E-state index in [2.05, 4.69) is 5.32 Å². The van der Waals surface area contributed by atoms with Gasteiger partial charge >= 0.3 is 0 Å². The molecule has 0 aliphatic rings. The Morgan fingerprint density at radius 2 is 1.80 bits per heavy atom. The highest BCUT2D eigenvalue weighted by atomic mass is 32.2. The van der Waals surface area contributed by atoms with E-state index in [-0.39, 0.29) is 29.7 Å². The third kappa shape index (κ3) is 4.88. The maximum atomic E-state index is 13.3. The standard InChI is InChI=1S/C22H27N3O4S/c1-4-29-18-12-10-17(11-13-18)25-21(16(3)23-14-15-30(27,28)5-2)24-20-9-7-6-8-19(20)22(25)26/h6-13,16,23H,4-5,14-15H2,1-3H3/t16-/m1/s1. The molecule has 3 rings (SSSR count). The molecule has 7 nitrogen and oxygen atoms in total. The lowest BCUT2D eigenvalue weighted by Crippen LogP contribution is -2.32. The number of sulfone groups is 1. The molecule has 0 fully saturated rings. The maximum Gasteiger partial charge on any atom is 0.266 e. The molecular formula is C22H27N3O4S. The first-order chi connectivity index (χ1) is 14.4. The van der Waals surface area contributed by atoms with Crippen LogP contribution in [-0.2, 0) is 9.84 Å². The summed E-state index contributed by atoms with van der Waals surface area (Å²) < 4.78 is 30.7. The quantitative estimate of drug-likeness (QED) is 0.563. The summed E-state index contributed by atoms with van der Waals surface area (Å²) in [6.45, 7) is 6.26. The van der Waals surface area contributed by atoms with E-state index in [1.54, 1.807) is 23.6 Å². The molecule has 30 heavy (non-hydrogen) atoms. The Morgan fingerprint density at radius 1 is 1.10 bits per heavy atom. The average Bonchev–Trinajstić information content (AvgIpc) is 2.74. The smallest absolute Gasteiger partial charge is 0.266 e. The molecule has 0 amide bonds. The molecule has 1 atom stereocenters. The van der Waals surface area contributed by atoms with Gasteiger partial charge in [0.25, 0.3) is 5.56 Å². The molecular weight excluding hydrogens is 402 g/mol. The highest BCUT2D eigenvalue weighted by molar-refractivity contribution is 7.91. The number of hydrogen-bond donors (Lipinski definition) is 1. The molecule has 0 radical (unpaired) electrons. The van der Waals surface area contributed by atoms with Crippen LogP contribution in [0.5, 0.6) is 5.75 Å². The topological polar surface area (TPSA) is 90.3 Å². The number of fused-ring (bicyclic) bond motifs is 1. The van der Waals surface area contributed by atoms with Gasteiger partial charge in [-0.2, -0.15) is 0 Å². The van der Waals surface area contributed by atoms with Gasteiger partial charge in [0.05, 0.1) is 35.0 Å². The number of para-hydroxylation sites is 1. The van der Waals surface area contributed by atoms with Gasteiger partial charge in [-0.25, -0.2) is 13.4 Å². The van der Waals surface area contributed by atoms with Gasteiger partial charge in [0.1, 0.15) is 11.6 Å². The van der Waals surface area contributed by atoms with Crippen molar-refractivity contribution in [3.05, 3.63) is 64.7 Å². The molecule has 1 N–H and O–H groups in total. The van der Waals surface area contributed by atoms with E-state index >= 15 is 0 Å². The van der Waals surface area contributed by atoms with Crippen LogP contribution in [0.2, 0.25) is 0 Å². The number of nitrogens with one attached hydrogen (secondary N) is 1. The minimum atomic E-state index is -3.08. The van der Waals surface area contributed by atoms with Gasteiger partial charge in [-0.05, 0) is 50.2 Å². The molecule has 8 heteroatoms. The number of nitrogens with zero attached hydrogens (tertiary/aromatic N) is 2.